The molecule has 10 heavy (non-hydrogen) atoms. The Bertz CT molecular complexity index is 219. The van der Waals surface area contributed by atoms with Crippen LogP contribution in [-0.4, -0.2) is 0 Å². The second-order valence-electron chi connectivity index (χ2n) is 2.04. The molecule has 2 N–H and O–H groups in total. The van der Waals surface area contributed by atoms with Crippen molar-refractivity contribution in [1.82, 2.24) is 0 Å². The molecule has 0 saturated carbocycles. The van der Waals surface area contributed by atoms with Crippen LogP contribution in [0.15, 0.2) is 10.5 Å². The summed E-state index contributed by atoms with van der Waals surface area (Å²) in [5.74, 6) is 0. The smallest absolute Gasteiger partial charge is 0.0317 e. The molecule has 1 rings (SSSR count). The lowest BCUT2D eigenvalue weighted by atomic mass is 10.4. The van der Waals surface area contributed by atoms with Crippen molar-refractivity contribution in [3.05, 3.63) is 20.3 Å². The molecule has 1 aromatic rings. The van der Waals surface area contributed by atoms with Crippen molar-refractivity contribution >= 4 is 27.3 Å². The van der Waals surface area contributed by atoms with Crippen molar-refractivity contribution < 1.29 is 0 Å². The van der Waals surface area contributed by atoms with E-state index in [2.05, 4.69) is 28.9 Å². The Hall–Kier alpha value is 0.140. The second kappa shape index (κ2) is 3.51. The monoisotopic (exact) mass is 219 g/mol. The molecule has 56 valence electrons. The quantitative estimate of drug-likeness (QED) is 0.814. The first-order valence-electron chi connectivity index (χ1n) is 3.25. The summed E-state index contributed by atoms with van der Waals surface area (Å²) in [5, 5.41) is 0. The van der Waals surface area contributed by atoms with Gasteiger partial charge in [-0.3, -0.25) is 0 Å². The third-order valence-electron chi connectivity index (χ3n) is 1.33. The van der Waals surface area contributed by atoms with Crippen molar-refractivity contribution in [2.24, 2.45) is 5.73 Å². The topological polar surface area (TPSA) is 26.0 Å². The lowest BCUT2D eigenvalue weighted by molar-refractivity contribution is 1.11. The van der Waals surface area contributed by atoms with E-state index >= 15 is 0 Å². The summed E-state index contributed by atoms with van der Waals surface area (Å²) in [7, 11) is 0. The van der Waals surface area contributed by atoms with E-state index in [0.717, 1.165) is 6.42 Å². The van der Waals surface area contributed by atoms with Gasteiger partial charge in [0.1, 0.15) is 0 Å². The Morgan fingerprint density at radius 1 is 1.70 bits per heavy atom. The van der Waals surface area contributed by atoms with Crippen molar-refractivity contribution in [1.29, 1.82) is 0 Å². The highest BCUT2D eigenvalue weighted by molar-refractivity contribution is 9.10. The van der Waals surface area contributed by atoms with Gasteiger partial charge in [0, 0.05) is 20.8 Å². The van der Waals surface area contributed by atoms with E-state index in [1.807, 2.05) is 0 Å². The van der Waals surface area contributed by atoms with E-state index < -0.39 is 0 Å². The molecule has 0 bridgehead atoms. The lowest BCUT2D eigenvalue weighted by Crippen LogP contribution is -1.91. The van der Waals surface area contributed by atoms with E-state index in [-0.39, 0.29) is 0 Å². The Morgan fingerprint density at radius 2 is 2.40 bits per heavy atom. The average molecular weight is 220 g/mol. The van der Waals surface area contributed by atoms with Gasteiger partial charge in [-0.25, -0.2) is 0 Å². The molecular formula is C7H10BrNS. The molecule has 0 amide bonds. The van der Waals surface area contributed by atoms with Gasteiger partial charge in [-0.1, -0.05) is 6.92 Å². The van der Waals surface area contributed by atoms with Gasteiger partial charge in [-0.05, 0) is 28.4 Å². The number of hydrogen-bond acceptors (Lipinski definition) is 2. The van der Waals surface area contributed by atoms with Crippen LogP contribution in [0.2, 0.25) is 0 Å². The van der Waals surface area contributed by atoms with Crippen LogP contribution in [0.1, 0.15) is 16.7 Å². The fourth-order valence-corrected chi connectivity index (χ4v) is 2.63. The molecule has 0 spiro atoms. The molecular weight excluding hydrogens is 210 g/mol. The van der Waals surface area contributed by atoms with Crippen LogP contribution < -0.4 is 5.73 Å². The largest absolute Gasteiger partial charge is 0.326 e. The Balaban J connectivity index is 2.92. The van der Waals surface area contributed by atoms with Gasteiger partial charge in [-0.15, -0.1) is 11.3 Å². The predicted octanol–water partition coefficient (Wildman–Crippen LogP) is 2.53. The van der Waals surface area contributed by atoms with Crippen molar-refractivity contribution in [3.8, 4) is 0 Å². The molecule has 0 radical (unpaired) electrons. The Morgan fingerprint density at radius 3 is 2.70 bits per heavy atom. The van der Waals surface area contributed by atoms with Gasteiger partial charge in [0.2, 0.25) is 0 Å². The highest BCUT2D eigenvalue weighted by Gasteiger charge is 2.02. The first-order chi connectivity index (χ1) is 4.77. The van der Waals surface area contributed by atoms with Crippen molar-refractivity contribution in [2.45, 2.75) is 19.9 Å². The standard InChI is InChI=1S/C7H10BrNS/c1-2-7-6(8)3-5(4-9)10-7/h3H,2,4,9H2,1H3. The van der Waals surface area contributed by atoms with Gasteiger partial charge in [0.05, 0.1) is 0 Å². The number of thiophene rings is 1. The average Bonchev–Trinajstić information content (AvgIpc) is 2.30. The van der Waals surface area contributed by atoms with E-state index in [1.54, 1.807) is 11.3 Å². The van der Waals surface area contributed by atoms with Crippen molar-refractivity contribution in [2.75, 3.05) is 0 Å². The van der Waals surface area contributed by atoms with Gasteiger partial charge in [0.25, 0.3) is 0 Å². The molecule has 0 fully saturated rings. The van der Waals surface area contributed by atoms with E-state index in [1.165, 1.54) is 14.2 Å². The molecule has 0 aromatic carbocycles. The van der Waals surface area contributed by atoms with Gasteiger partial charge in [-0.2, -0.15) is 0 Å². The summed E-state index contributed by atoms with van der Waals surface area (Å²) in [5.41, 5.74) is 5.48. The highest BCUT2D eigenvalue weighted by atomic mass is 79.9. The summed E-state index contributed by atoms with van der Waals surface area (Å²) >= 11 is 5.26. The number of rotatable bonds is 2. The normalized spacial score (nSPS) is 10.3. The Kier molecular flexibility index (Phi) is 2.89. The summed E-state index contributed by atoms with van der Waals surface area (Å²) in [6.07, 6.45) is 1.09. The number of aryl methyl sites for hydroxylation is 1. The lowest BCUT2D eigenvalue weighted by Gasteiger charge is -1.86. The summed E-state index contributed by atoms with van der Waals surface area (Å²) < 4.78 is 1.21. The maximum Gasteiger partial charge on any atom is 0.0317 e. The van der Waals surface area contributed by atoms with Crippen LogP contribution in [0.3, 0.4) is 0 Å². The van der Waals surface area contributed by atoms with Crippen LogP contribution in [-0.2, 0) is 13.0 Å². The zero-order valence-electron chi connectivity index (χ0n) is 5.86. The zero-order chi connectivity index (χ0) is 7.56. The molecule has 0 atom stereocenters. The van der Waals surface area contributed by atoms with Crippen LogP contribution in [0, 0.1) is 0 Å². The number of halogens is 1. The molecule has 3 heteroatoms. The zero-order valence-corrected chi connectivity index (χ0v) is 8.26. The molecule has 0 aliphatic heterocycles. The fraction of sp³-hybridized carbons (Fsp3) is 0.429. The summed E-state index contributed by atoms with van der Waals surface area (Å²) in [6, 6.07) is 2.10. The maximum absolute atomic E-state index is 5.48. The van der Waals surface area contributed by atoms with Crippen LogP contribution >= 0.6 is 27.3 Å². The Labute approximate surface area is 73.4 Å². The molecule has 1 heterocycles. The number of nitrogens with two attached hydrogens (primary N) is 1. The van der Waals surface area contributed by atoms with E-state index in [4.69, 9.17) is 5.73 Å². The summed E-state index contributed by atoms with van der Waals surface area (Å²) in [4.78, 5) is 2.64. The minimum absolute atomic E-state index is 0.656. The predicted molar refractivity (Wildman–Crippen MR) is 49.3 cm³/mol. The van der Waals surface area contributed by atoms with E-state index in [9.17, 15) is 0 Å². The third kappa shape index (κ3) is 1.59. The molecule has 1 aromatic heterocycles. The molecule has 0 aliphatic rings. The van der Waals surface area contributed by atoms with Crippen LogP contribution in [0.25, 0.3) is 0 Å². The van der Waals surface area contributed by atoms with Gasteiger partial charge >= 0.3 is 0 Å². The minimum atomic E-state index is 0.656. The highest BCUT2D eigenvalue weighted by Crippen LogP contribution is 2.27. The number of hydrogen-bond donors (Lipinski definition) is 1. The fourth-order valence-electron chi connectivity index (χ4n) is 0.800. The molecule has 0 saturated heterocycles. The van der Waals surface area contributed by atoms with Gasteiger partial charge in [0.15, 0.2) is 0 Å². The summed E-state index contributed by atoms with van der Waals surface area (Å²) in [6.45, 7) is 2.81. The minimum Gasteiger partial charge on any atom is -0.326 e. The SMILES string of the molecule is CCc1sc(CN)cc1Br. The van der Waals surface area contributed by atoms with Gasteiger partial charge < -0.3 is 5.73 Å². The van der Waals surface area contributed by atoms with E-state index in [0.29, 0.717) is 6.54 Å². The second-order valence-corrected chi connectivity index (χ2v) is 4.12. The molecule has 0 aliphatic carbocycles. The molecule has 0 unspecified atom stereocenters. The molecule has 1 nitrogen and oxygen atoms in total. The third-order valence-corrected chi connectivity index (χ3v) is 3.60. The maximum atomic E-state index is 5.48. The van der Waals surface area contributed by atoms with Crippen LogP contribution in [0.5, 0.6) is 0 Å². The van der Waals surface area contributed by atoms with Crippen LogP contribution in [0.4, 0.5) is 0 Å². The first kappa shape index (κ1) is 8.24. The van der Waals surface area contributed by atoms with Crippen molar-refractivity contribution in [3.63, 3.8) is 0 Å². The first-order valence-corrected chi connectivity index (χ1v) is 4.86.